The van der Waals surface area contributed by atoms with Crippen molar-refractivity contribution in [1.82, 2.24) is 30.3 Å². The maximum atomic E-state index is 15.2. The van der Waals surface area contributed by atoms with Crippen molar-refractivity contribution in [2.45, 2.75) is 78.6 Å². The van der Waals surface area contributed by atoms with Gasteiger partial charge >= 0.3 is 6.09 Å². The van der Waals surface area contributed by atoms with Gasteiger partial charge in [0.1, 0.15) is 30.5 Å². The van der Waals surface area contributed by atoms with Crippen LogP contribution in [0.2, 0.25) is 0 Å². The Morgan fingerprint density at radius 2 is 1.54 bits per heavy atom. The second-order valence-corrected chi connectivity index (χ2v) is 17.7. The van der Waals surface area contributed by atoms with Crippen LogP contribution in [0.1, 0.15) is 71.7 Å². The second-order valence-electron chi connectivity index (χ2n) is 16.6. The molecule has 1 aromatic heterocycles. The fourth-order valence-corrected chi connectivity index (χ4v) is 7.47. The van der Waals surface area contributed by atoms with Crippen LogP contribution in [0, 0.1) is 17.0 Å². The summed E-state index contributed by atoms with van der Waals surface area (Å²) >= 11 is 1.21. The number of nitrogens with one attached hydrogen (secondary N) is 3. The first-order valence-electron chi connectivity index (χ1n) is 19.9. The van der Waals surface area contributed by atoms with Crippen LogP contribution in [0.4, 0.5) is 18.0 Å². The Hall–Kier alpha value is -5.58. The van der Waals surface area contributed by atoms with E-state index in [0.29, 0.717) is 17.8 Å². The SMILES string of the molecule is CC(C)(C)OC(=O)NC(CF)CCN(C(=O)CSCCC(=O)NCCNC(=O)CN1C(=O)C=CC1=O)[C@@H](c1cc(-c2cc(F)ccc2F)cn1Cc1ccccc1)C(C)(C)C. The summed E-state index contributed by atoms with van der Waals surface area (Å²) in [4.78, 5) is 77.6. The predicted octanol–water partition coefficient (Wildman–Crippen LogP) is 5.93. The van der Waals surface area contributed by atoms with Crippen molar-refractivity contribution in [3.63, 3.8) is 0 Å². The van der Waals surface area contributed by atoms with Gasteiger partial charge in [-0.05, 0) is 62.4 Å². The average molecular weight is 869 g/mol. The number of alkyl carbamates (subject to hydrolysis) is 1. The van der Waals surface area contributed by atoms with Gasteiger partial charge in [0.25, 0.3) is 11.8 Å². The number of amides is 6. The summed E-state index contributed by atoms with van der Waals surface area (Å²) in [5, 5.41) is 7.79. The van der Waals surface area contributed by atoms with Gasteiger partial charge in [-0.15, -0.1) is 0 Å². The van der Waals surface area contributed by atoms with E-state index >= 15 is 4.39 Å². The van der Waals surface area contributed by atoms with Crippen LogP contribution in [0.15, 0.2) is 72.9 Å². The third kappa shape index (κ3) is 14.8. The Kier molecular flexibility index (Phi) is 17.2. The lowest BCUT2D eigenvalue weighted by Gasteiger charge is -2.41. The van der Waals surface area contributed by atoms with Gasteiger partial charge in [0.05, 0.1) is 17.8 Å². The van der Waals surface area contributed by atoms with Crippen LogP contribution in [-0.4, -0.2) is 106 Å². The fourth-order valence-electron chi connectivity index (χ4n) is 6.65. The van der Waals surface area contributed by atoms with E-state index in [1.807, 2.05) is 55.7 Å². The number of imide groups is 1. The molecule has 17 heteroatoms. The number of hydrogen-bond acceptors (Lipinski definition) is 8. The number of halogens is 3. The minimum absolute atomic E-state index is 0.00527. The van der Waals surface area contributed by atoms with Crippen molar-refractivity contribution in [3.8, 4) is 11.1 Å². The Morgan fingerprint density at radius 3 is 2.16 bits per heavy atom. The zero-order valence-corrected chi connectivity index (χ0v) is 36.2. The van der Waals surface area contributed by atoms with E-state index in [9.17, 15) is 37.5 Å². The van der Waals surface area contributed by atoms with Gasteiger partial charge in [-0.25, -0.2) is 18.0 Å². The van der Waals surface area contributed by atoms with Crippen LogP contribution >= 0.6 is 11.8 Å². The Morgan fingerprint density at radius 1 is 0.885 bits per heavy atom. The normalized spacial score (nSPS) is 13.8. The molecule has 0 bridgehead atoms. The molecule has 1 unspecified atom stereocenters. The van der Waals surface area contributed by atoms with Gasteiger partial charge in [-0.3, -0.25) is 28.9 Å². The van der Waals surface area contributed by atoms with Crippen molar-refractivity contribution in [2.24, 2.45) is 5.41 Å². The first-order valence-corrected chi connectivity index (χ1v) is 21.1. The van der Waals surface area contributed by atoms with E-state index in [1.54, 1.807) is 37.9 Å². The predicted molar refractivity (Wildman–Crippen MR) is 227 cm³/mol. The maximum absolute atomic E-state index is 15.2. The number of alkyl halides is 1. The molecule has 0 radical (unpaired) electrons. The maximum Gasteiger partial charge on any atom is 0.407 e. The highest BCUT2D eigenvalue weighted by atomic mass is 32.2. The molecule has 2 atom stereocenters. The molecular formula is C44H55F3N6O7S. The number of nitrogens with zero attached hydrogens (tertiary/aromatic N) is 3. The summed E-state index contributed by atoms with van der Waals surface area (Å²) < 4.78 is 51.5. The molecule has 2 heterocycles. The minimum atomic E-state index is -0.998. The molecule has 0 fully saturated rings. The highest BCUT2D eigenvalue weighted by Gasteiger charge is 2.38. The van der Waals surface area contributed by atoms with Gasteiger partial charge < -0.3 is 30.2 Å². The lowest BCUT2D eigenvalue weighted by Crippen LogP contribution is -2.46. The highest BCUT2D eigenvalue weighted by Crippen LogP contribution is 2.41. The number of carbonyl (C=O) groups is 6. The van der Waals surface area contributed by atoms with Crippen LogP contribution in [0.5, 0.6) is 0 Å². The van der Waals surface area contributed by atoms with E-state index in [4.69, 9.17) is 4.74 Å². The summed E-state index contributed by atoms with van der Waals surface area (Å²) in [5.74, 6) is -3.44. The molecule has 1 aliphatic heterocycles. The Labute approximate surface area is 358 Å². The largest absolute Gasteiger partial charge is 0.444 e. The van der Waals surface area contributed by atoms with Crippen molar-refractivity contribution in [3.05, 3.63) is 95.8 Å². The van der Waals surface area contributed by atoms with Crippen molar-refractivity contribution >= 4 is 47.4 Å². The fraction of sp³-hybridized carbons (Fsp3) is 0.455. The third-order valence-electron chi connectivity index (χ3n) is 9.39. The minimum Gasteiger partial charge on any atom is -0.444 e. The van der Waals surface area contributed by atoms with Crippen LogP contribution < -0.4 is 16.0 Å². The highest BCUT2D eigenvalue weighted by molar-refractivity contribution is 7.99. The molecular weight excluding hydrogens is 814 g/mol. The van der Waals surface area contributed by atoms with Gasteiger partial charge in [0.15, 0.2) is 0 Å². The number of aromatic nitrogens is 1. The lowest BCUT2D eigenvalue weighted by molar-refractivity contribution is -0.141. The van der Waals surface area contributed by atoms with E-state index in [0.717, 1.165) is 40.8 Å². The third-order valence-corrected chi connectivity index (χ3v) is 10.3. The summed E-state index contributed by atoms with van der Waals surface area (Å²) in [6.07, 6.45) is 3.14. The Balaban J connectivity index is 1.53. The average Bonchev–Trinajstić information content (AvgIpc) is 3.73. The standard InChI is InChI=1S/C44H55F3N6O7S/c1-43(2,3)41(35-22-30(33-23-31(46)12-13-34(33)47)26-51(35)25-29-10-8-7-9-11-29)52(20-16-32(24-45)50-42(59)60-44(4,5)6)40(58)28-61-21-17-36(54)48-18-19-49-37(55)27-53-38(56)14-15-39(53)57/h7-15,22-23,26,32,41H,16-21,24-25,27-28H2,1-6H3,(H,48,54)(H,49,55)(H,50,59)/t32?,41-/m0/s1. The smallest absolute Gasteiger partial charge is 0.407 e. The van der Waals surface area contributed by atoms with Crippen LogP contribution in [-0.2, 0) is 35.3 Å². The molecule has 0 aliphatic carbocycles. The van der Waals surface area contributed by atoms with Crippen LogP contribution in [0.3, 0.4) is 0 Å². The lowest BCUT2D eigenvalue weighted by atomic mass is 9.82. The first-order chi connectivity index (χ1) is 28.7. The van der Waals surface area contributed by atoms with Crippen LogP contribution in [0.25, 0.3) is 11.1 Å². The first kappa shape index (κ1) is 48.1. The number of ether oxygens (including phenoxy) is 1. The molecule has 3 N–H and O–H groups in total. The molecule has 1 aliphatic rings. The van der Waals surface area contributed by atoms with Gasteiger partial charge in [0, 0.05) is 73.5 Å². The molecule has 3 aromatic rings. The van der Waals surface area contributed by atoms with Crippen molar-refractivity contribution in [2.75, 3.05) is 44.4 Å². The monoisotopic (exact) mass is 868 g/mol. The van der Waals surface area contributed by atoms with E-state index < -0.39 is 71.8 Å². The van der Waals surface area contributed by atoms with Gasteiger partial charge in [-0.2, -0.15) is 11.8 Å². The van der Waals surface area contributed by atoms with Gasteiger partial charge in [-0.1, -0.05) is 51.1 Å². The molecule has 6 amide bonds. The second kappa shape index (κ2) is 21.8. The molecule has 0 saturated carbocycles. The molecule has 4 rings (SSSR count). The zero-order chi connectivity index (χ0) is 44.9. The number of benzene rings is 2. The number of carbonyl (C=O) groups excluding carboxylic acids is 6. The Bertz CT molecular complexity index is 2050. The quantitative estimate of drug-likeness (QED) is 0.0932. The van der Waals surface area contributed by atoms with Crippen molar-refractivity contribution < 1.29 is 46.7 Å². The topological polar surface area (TPSA) is 159 Å². The molecule has 13 nitrogen and oxygen atoms in total. The zero-order valence-electron chi connectivity index (χ0n) is 35.4. The summed E-state index contributed by atoms with van der Waals surface area (Å²) in [5.41, 5.74) is 0.466. The molecule has 2 aromatic carbocycles. The van der Waals surface area contributed by atoms with Crippen molar-refractivity contribution in [1.29, 1.82) is 0 Å². The summed E-state index contributed by atoms with van der Waals surface area (Å²) in [7, 11) is 0. The molecule has 330 valence electrons. The van der Waals surface area contributed by atoms with E-state index in [2.05, 4.69) is 16.0 Å². The molecule has 0 saturated heterocycles. The summed E-state index contributed by atoms with van der Waals surface area (Å²) in [6.45, 7) is 9.99. The van der Waals surface area contributed by atoms with E-state index in [1.165, 1.54) is 11.8 Å². The molecule has 0 spiro atoms. The molecule has 61 heavy (non-hydrogen) atoms. The summed E-state index contributed by atoms with van der Waals surface area (Å²) in [6, 6.07) is 12.8. The number of rotatable bonds is 20. The number of hydrogen-bond donors (Lipinski definition) is 3. The van der Waals surface area contributed by atoms with Gasteiger partial charge in [0.2, 0.25) is 17.7 Å². The van der Waals surface area contributed by atoms with E-state index in [-0.39, 0.29) is 61.4 Å². The number of thioether (sulfide) groups is 1.